The van der Waals surface area contributed by atoms with Gasteiger partial charge in [0.1, 0.15) is 0 Å². The van der Waals surface area contributed by atoms with E-state index in [0.29, 0.717) is 11.1 Å². The van der Waals surface area contributed by atoms with Crippen molar-refractivity contribution in [1.29, 1.82) is 5.26 Å². The lowest BCUT2D eigenvalue weighted by Crippen LogP contribution is -2.30. The number of amides is 1. The number of carbonyl (C=O) groups is 2. The smallest absolute Gasteiger partial charge is 0.337 e. The summed E-state index contributed by atoms with van der Waals surface area (Å²) < 4.78 is 31.5. The Hall–Kier alpha value is -3.96. The third kappa shape index (κ3) is 3.45. The zero-order valence-corrected chi connectivity index (χ0v) is 17.2. The topological polar surface area (TPSA) is 105 Å². The summed E-state index contributed by atoms with van der Waals surface area (Å²) in [6, 6.07) is 18.7. The Morgan fingerprint density at radius 2 is 1.74 bits per heavy atom. The van der Waals surface area contributed by atoms with Gasteiger partial charge in [-0.15, -0.1) is 0 Å². The SMILES string of the molecule is COC(=O)c1ccc2c(c1)N(Cc1ccc(C#N)cc1)C(=O)c1ccccc1S2(=O)=O. The van der Waals surface area contributed by atoms with E-state index < -0.39 is 21.7 Å². The van der Waals surface area contributed by atoms with Crippen LogP contribution in [0.25, 0.3) is 0 Å². The average molecular weight is 432 g/mol. The molecule has 0 fully saturated rings. The van der Waals surface area contributed by atoms with Crippen LogP contribution in [0.4, 0.5) is 5.69 Å². The molecule has 31 heavy (non-hydrogen) atoms. The van der Waals surface area contributed by atoms with Gasteiger partial charge in [0, 0.05) is 0 Å². The molecule has 7 nitrogen and oxygen atoms in total. The summed E-state index contributed by atoms with van der Waals surface area (Å²) in [5.74, 6) is -1.16. The molecule has 0 unspecified atom stereocenters. The first-order valence-electron chi connectivity index (χ1n) is 9.24. The predicted octanol–water partition coefficient (Wildman–Crippen LogP) is 3.34. The highest BCUT2D eigenvalue weighted by Gasteiger charge is 2.36. The van der Waals surface area contributed by atoms with Crippen LogP contribution >= 0.6 is 0 Å². The molecule has 1 aliphatic heterocycles. The number of rotatable bonds is 3. The van der Waals surface area contributed by atoms with Crippen molar-refractivity contribution in [2.24, 2.45) is 0 Å². The summed E-state index contributed by atoms with van der Waals surface area (Å²) in [6.45, 7) is 0.0476. The molecule has 1 aliphatic rings. The molecule has 0 radical (unpaired) electrons. The number of esters is 1. The molecule has 0 atom stereocenters. The van der Waals surface area contributed by atoms with E-state index in [1.54, 1.807) is 36.4 Å². The van der Waals surface area contributed by atoms with Crippen LogP contribution in [0.1, 0.15) is 31.8 Å². The van der Waals surface area contributed by atoms with E-state index in [0.717, 1.165) is 0 Å². The fraction of sp³-hybridized carbons (Fsp3) is 0.0870. The molecule has 0 bridgehead atoms. The van der Waals surface area contributed by atoms with E-state index in [9.17, 15) is 18.0 Å². The van der Waals surface area contributed by atoms with Crippen molar-refractivity contribution in [1.82, 2.24) is 0 Å². The lowest BCUT2D eigenvalue weighted by atomic mass is 10.1. The van der Waals surface area contributed by atoms with Gasteiger partial charge in [-0.1, -0.05) is 24.3 Å². The fourth-order valence-corrected chi connectivity index (χ4v) is 5.11. The maximum Gasteiger partial charge on any atom is 0.337 e. The van der Waals surface area contributed by atoms with Crippen LogP contribution in [-0.4, -0.2) is 27.4 Å². The quantitative estimate of drug-likeness (QED) is 0.588. The van der Waals surface area contributed by atoms with Crippen LogP contribution in [-0.2, 0) is 21.1 Å². The van der Waals surface area contributed by atoms with Crippen LogP contribution in [0.2, 0.25) is 0 Å². The van der Waals surface area contributed by atoms with E-state index in [4.69, 9.17) is 10.00 Å². The third-order valence-corrected chi connectivity index (χ3v) is 6.90. The van der Waals surface area contributed by atoms with Crippen molar-refractivity contribution in [3.63, 3.8) is 0 Å². The molecule has 0 saturated heterocycles. The summed E-state index contributed by atoms with van der Waals surface area (Å²) in [7, 11) is -2.79. The number of hydrogen-bond acceptors (Lipinski definition) is 6. The van der Waals surface area contributed by atoms with Gasteiger partial charge < -0.3 is 9.64 Å². The number of sulfone groups is 1. The van der Waals surface area contributed by atoms with E-state index in [-0.39, 0.29) is 33.2 Å². The second-order valence-electron chi connectivity index (χ2n) is 6.87. The second-order valence-corrected chi connectivity index (χ2v) is 8.76. The van der Waals surface area contributed by atoms with Crippen molar-refractivity contribution in [2.45, 2.75) is 16.3 Å². The zero-order valence-electron chi connectivity index (χ0n) is 16.4. The summed E-state index contributed by atoms with van der Waals surface area (Å²) in [6.07, 6.45) is 0. The first kappa shape index (κ1) is 20.3. The number of fused-ring (bicyclic) bond motifs is 2. The Bertz CT molecular complexity index is 1360. The minimum Gasteiger partial charge on any atom is -0.465 e. The Morgan fingerprint density at radius 1 is 1.03 bits per heavy atom. The van der Waals surface area contributed by atoms with Crippen molar-refractivity contribution in [3.05, 3.63) is 89.0 Å². The predicted molar refractivity (Wildman–Crippen MR) is 111 cm³/mol. The highest BCUT2D eigenvalue weighted by Crippen LogP contribution is 2.38. The number of hydrogen-bond donors (Lipinski definition) is 0. The van der Waals surface area contributed by atoms with Gasteiger partial charge in [-0.05, 0) is 48.0 Å². The van der Waals surface area contributed by atoms with Gasteiger partial charge in [-0.3, -0.25) is 4.79 Å². The van der Waals surface area contributed by atoms with Crippen molar-refractivity contribution in [3.8, 4) is 6.07 Å². The Labute approximate surface area is 179 Å². The maximum absolute atomic E-state index is 13.5. The summed E-state index contributed by atoms with van der Waals surface area (Å²) in [5, 5.41) is 9.01. The lowest BCUT2D eigenvalue weighted by Gasteiger charge is -2.23. The third-order valence-electron chi connectivity index (χ3n) is 5.04. The number of carbonyl (C=O) groups excluding carboxylic acids is 2. The van der Waals surface area contributed by atoms with Gasteiger partial charge in [-0.25, -0.2) is 13.2 Å². The van der Waals surface area contributed by atoms with Gasteiger partial charge in [0.2, 0.25) is 9.84 Å². The van der Waals surface area contributed by atoms with E-state index in [2.05, 4.69) is 0 Å². The van der Waals surface area contributed by atoms with E-state index >= 15 is 0 Å². The summed E-state index contributed by atoms with van der Waals surface area (Å²) >= 11 is 0. The van der Waals surface area contributed by atoms with Gasteiger partial charge >= 0.3 is 5.97 Å². The van der Waals surface area contributed by atoms with Crippen LogP contribution < -0.4 is 4.90 Å². The number of nitrogens with zero attached hydrogens (tertiary/aromatic N) is 2. The lowest BCUT2D eigenvalue weighted by molar-refractivity contribution is 0.0600. The van der Waals surface area contributed by atoms with Crippen molar-refractivity contribution < 1.29 is 22.7 Å². The fourth-order valence-electron chi connectivity index (χ4n) is 3.48. The first-order chi connectivity index (χ1) is 14.9. The van der Waals surface area contributed by atoms with Crippen LogP contribution in [0, 0.1) is 11.3 Å². The average Bonchev–Trinajstić information content (AvgIpc) is 2.87. The maximum atomic E-state index is 13.5. The highest BCUT2D eigenvalue weighted by molar-refractivity contribution is 7.91. The minimum atomic E-state index is -4.01. The normalized spacial score (nSPS) is 14.1. The molecule has 154 valence electrons. The summed E-state index contributed by atoms with van der Waals surface area (Å²) in [5.41, 5.74) is 1.42. The molecule has 0 N–H and O–H groups in total. The molecule has 4 rings (SSSR count). The monoisotopic (exact) mass is 432 g/mol. The van der Waals surface area contributed by atoms with Crippen LogP contribution in [0.15, 0.2) is 76.5 Å². The van der Waals surface area contributed by atoms with E-state index in [1.807, 2.05) is 6.07 Å². The molecule has 0 spiro atoms. The number of benzene rings is 3. The van der Waals surface area contributed by atoms with Gasteiger partial charge in [0.05, 0.1) is 51.9 Å². The molecule has 1 amide bonds. The highest BCUT2D eigenvalue weighted by atomic mass is 32.2. The number of ether oxygens (including phenoxy) is 1. The van der Waals surface area contributed by atoms with E-state index in [1.165, 1.54) is 42.3 Å². The summed E-state index contributed by atoms with van der Waals surface area (Å²) in [4.78, 5) is 26.7. The largest absolute Gasteiger partial charge is 0.465 e. The first-order valence-corrected chi connectivity index (χ1v) is 10.7. The van der Waals surface area contributed by atoms with Crippen molar-refractivity contribution in [2.75, 3.05) is 12.0 Å². The molecular weight excluding hydrogens is 416 g/mol. The molecule has 0 aliphatic carbocycles. The molecule has 0 saturated carbocycles. The molecule has 8 heteroatoms. The molecular formula is C23H16N2O5S. The Kier molecular flexibility index (Phi) is 5.05. The molecule has 3 aromatic carbocycles. The van der Waals surface area contributed by atoms with Crippen LogP contribution in [0.3, 0.4) is 0 Å². The van der Waals surface area contributed by atoms with Gasteiger partial charge in [0.25, 0.3) is 5.91 Å². The standard InChI is InChI=1S/C23H16N2O5S/c1-30-23(27)17-10-11-21-19(12-17)25(14-16-8-6-15(13-24)7-9-16)22(26)18-4-2-3-5-20(18)31(21,28)29/h2-12H,14H2,1H3. The van der Waals surface area contributed by atoms with Crippen molar-refractivity contribution >= 4 is 27.4 Å². The van der Waals surface area contributed by atoms with Gasteiger partial charge in [0.15, 0.2) is 0 Å². The molecule has 0 aromatic heterocycles. The number of anilines is 1. The Balaban J connectivity index is 1.95. The van der Waals surface area contributed by atoms with Gasteiger partial charge in [-0.2, -0.15) is 5.26 Å². The Morgan fingerprint density at radius 3 is 2.42 bits per heavy atom. The number of methoxy groups -OCH3 is 1. The number of nitriles is 1. The molecule has 1 heterocycles. The zero-order chi connectivity index (χ0) is 22.2. The minimum absolute atomic E-state index is 0.0476. The van der Waals surface area contributed by atoms with Crippen LogP contribution in [0.5, 0.6) is 0 Å². The molecule has 3 aromatic rings. The second kappa shape index (κ2) is 7.70.